The van der Waals surface area contributed by atoms with Gasteiger partial charge in [0.05, 0.1) is 21.2 Å². The molecule has 9 heteroatoms. The predicted molar refractivity (Wildman–Crippen MR) is 106 cm³/mol. The van der Waals surface area contributed by atoms with Crippen molar-refractivity contribution in [2.75, 3.05) is 5.32 Å². The maximum atomic E-state index is 12.9. The summed E-state index contributed by atoms with van der Waals surface area (Å²) in [6, 6.07) is 7.97. The second-order valence-corrected chi connectivity index (χ2v) is 7.32. The van der Waals surface area contributed by atoms with Crippen LogP contribution in [-0.2, 0) is 11.0 Å². The van der Waals surface area contributed by atoms with Gasteiger partial charge in [-0.3, -0.25) is 9.59 Å². The van der Waals surface area contributed by atoms with Gasteiger partial charge in [0, 0.05) is 17.8 Å². The number of carbonyl (C=O) groups excluding carboxylic acids is 2. The third-order valence-electron chi connectivity index (χ3n) is 4.12. The van der Waals surface area contributed by atoms with E-state index in [4.69, 9.17) is 23.2 Å². The van der Waals surface area contributed by atoms with Crippen LogP contribution in [0.4, 0.5) is 18.9 Å². The van der Waals surface area contributed by atoms with Crippen LogP contribution < -0.4 is 10.6 Å². The van der Waals surface area contributed by atoms with E-state index in [0.717, 1.165) is 31.1 Å². The van der Waals surface area contributed by atoms with Crippen LogP contribution in [0.3, 0.4) is 0 Å². The SMILES string of the molecule is O=C(C=Cc1ccc(Cl)c(C(F)(F)F)c1)Nc1ccc(C(=O)NC2CC2)c(Cl)c1. The summed E-state index contributed by atoms with van der Waals surface area (Å²) in [5, 5.41) is 5.12. The number of rotatable bonds is 5. The van der Waals surface area contributed by atoms with Gasteiger partial charge in [-0.25, -0.2) is 0 Å². The Balaban J connectivity index is 1.66. The van der Waals surface area contributed by atoms with Gasteiger partial charge < -0.3 is 10.6 Å². The van der Waals surface area contributed by atoms with E-state index in [1.165, 1.54) is 30.3 Å². The van der Waals surface area contributed by atoms with E-state index in [1.807, 2.05) is 0 Å². The first-order valence-electron chi connectivity index (χ1n) is 8.60. The van der Waals surface area contributed by atoms with Crippen molar-refractivity contribution in [3.05, 3.63) is 69.2 Å². The fourth-order valence-electron chi connectivity index (χ4n) is 2.49. The number of alkyl halides is 3. The number of hydrogen-bond acceptors (Lipinski definition) is 2. The maximum absolute atomic E-state index is 12.9. The molecule has 2 aromatic carbocycles. The van der Waals surface area contributed by atoms with Crippen LogP contribution in [0.5, 0.6) is 0 Å². The van der Waals surface area contributed by atoms with Crippen LogP contribution in [0.2, 0.25) is 10.0 Å². The topological polar surface area (TPSA) is 58.2 Å². The maximum Gasteiger partial charge on any atom is 0.417 e. The molecule has 0 bridgehead atoms. The number of amides is 2. The number of carbonyl (C=O) groups is 2. The lowest BCUT2D eigenvalue weighted by molar-refractivity contribution is -0.137. The number of benzene rings is 2. The Hall–Kier alpha value is -2.51. The third-order valence-corrected chi connectivity index (χ3v) is 4.76. The summed E-state index contributed by atoms with van der Waals surface area (Å²) in [5.74, 6) is -0.849. The van der Waals surface area contributed by atoms with Crippen molar-refractivity contribution < 1.29 is 22.8 Å². The minimum absolute atomic E-state index is 0.169. The summed E-state index contributed by atoms with van der Waals surface area (Å²) >= 11 is 11.7. The van der Waals surface area contributed by atoms with Crippen molar-refractivity contribution in [1.82, 2.24) is 5.32 Å². The zero-order valence-electron chi connectivity index (χ0n) is 14.8. The lowest BCUT2D eigenvalue weighted by Gasteiger charge is -2.09. The molecule has 1 fully saturated rings. The van der Waals surface area contributed by atoms with Crippen LogP contribution >= 0.6 is 23.2 Å². The van der Waals surface area contributed by atoms with E-state index in [-0.39, 0.29) is 22.5 Å². The van der Waals surface area contributed by atoms with E-state index in [1.54, 1.807) is 0 Å². The third kappa shape index (κ3) is 5.74. The van der Waals surface area contributed by atoms with Gasteiger partial charge in [0.15, 0.2) is 0 Å². The van der Waals surface area contributed by atoms with Crippen LogP contribution in [0, 0.1) is 0 Å². The second kappa shape index (κ2) is 8.47. The van der Waals surface area contributed by atoms with Gasteiger partial charge in [-0.05, 0) is 54.8 Å². The Morgan fingerprint density at radius 3 is 2.38 bits per heavy atom. The van der Waals surface area contributed by atoms with Gasteiger partial charge in [-0.15, -0.1) is 0 Å². The molecule has 29 heavy (non-hydrogen) atoms. The van der Waals surface area contributed by atoms with Gasteiger partial charge in [0.2, 0.25) is 5.91 Å². The molecular formula is C20H15Cl2F3N2O2. The zero-order valence-corrected chi connectivity index (χ0v) is 16.3. The quantitative estimate of drug-likeness (QED) is 0.595. The molecule has 2 aromatic rings. The summed E-state index contributed by atoms with van der Waals surface area (Å²) in [6.45, 7) is 0. The van der Waals surface area contributed by atoms with Gasteiger partial charge >= 0.3 is 6.18 Å². The highest BCUT2D eigenvalue weighted by molar-refractivity contribution is 6.34. The highest BCUT2D eigenvalue weighted by atomic mass is 35.5. The Kier molecular flexibility index (Phi) is 6.19. The molecule has 0 aromatic heterocycles. The molecule has 1 aliphatic rings. The lowest BCUT2D eigenvalue weighted by atomic mass is 10.1. The lowest BCUT2D eigenvalue weighted by Crippen LogP contribution is -2.25. The highest BCUT2D eigenvalue weighted by Gasteiger charge is 2.33. The zero-order chi connectivity index (χ0) is 21.2. The standard InChI is InChI=1S/C20H15Cl2F3N2O2/c21-16-7-1-11(9-15(16)20(23,24)25)2-8-18(28)26-13-5-6-14(17(22)10-13)19(29)27-12-3-4-12/h1-2,5-10,12H,3-4H2,(H,26,28)(H,27,29). The molecule has 1 saturated carbocycles. The van der Waals surface area contributed by atoms with Crippen molar-refractivity contribution in [2.24, 2.45) is 0 Å². The van der Waals surface area contributed by atoms with E-state index < -0.39 is 22.7 Å². The molecule has 152 valence electrons. The normalized spacial score (nSPS) is 14.1. The molecule has 2 N–H and O–H groups in total. The van der Waals surface area contributed by atoms with Gasteiger partial charge in [-0.1, -0.05) is 29.3 Å². The van der Waals surface area contributed by atoms with Crippen molar-refractivity contribution in [3.63, 3.8) is 0 Å². The van der Waals surface area contributed by atoms with Gasteiger partial charge in [-0.2, -0.15) is 13.2 Å². The molecule has 0 atom stereocenters. The molecule has 0 aliphatic heterocycles. The fraction of sp³-hybridized carbons (Fsp3) is 0.200. The predicted octanol–water partition coefficient (Wildman–Crippen LogP) is 5.56. The van der Waals surface area contributed by atoms with E-state index in [2.05, 4.69) is 10.6 Å². The molecule has 0 saturated heterocycles. The fourth-order valence-corrected chi connectivity index (χ4v) is 2.98. The summed E-state index contributed by atoms with van der Waals surface area (Å²) in [7, 11) is 0. The number of nitrogens with one attached hydrogen (secondary N) is 2. The number of halogens is 5. The van der Waals surface area contributed by atoms with Crippen molar-refractivity contribution in [3.8, 4) is 0 Å². The smallest absolute Gasteiger partial charge is 0.349 e. The molecule has 4 nitrogen and oxygen atoms in total. The monoisotopic (exact) mass is 442 g/mol. The first-order chi connectivity index (χ1) is 13.6. The van der Waals surface area contributed by atoms with Crippen LogP contribution in [-0.4, -0.2) is 17.9 Å². The largest absolute Gasteiger partial charge is 0.417 e. The molecule has 0 heterocycles. The molecule has 2 amide bonds. The van der Waals surface area contributed by atoms with Crippen LogP contribution in [0.25, 0.3) is 6.08 Å². The number of anilines is 1. The Labute approximate surface area is 174 Å². The molecule has 0 radical (unpaired) electrons. The van der Waals surface area contributed by atoms with E-state index in [9.17, 15) is 22.8 Å². The molecule has 1 aliphatic carbocycles. The molecule has 0 unspecified atom stereocenters. The first-order valence-corrected chi connectivity index (χ1v) is 9.35. The van der Waals surface area contributed by atoms with Gasteiger partial charge in [0.1, 0.15) is 0 Å². The molecule has 0 spiro atoms. The minimum Gasteiger partial charge on any atom is -0.349 e. The minimum atomic E-state index is -4.59. The number of hydrogen-bond donors (Lipinski definition) is 2. The Bertz CT molecular complexity index is 986. The van der Waals surface area contributed by atoms with Crippen LogP contribution in [0.15, 0.2) is 42.5 Å². The molecular weight excluding hydrogens is 428 g/mol. The van der Waals surface area contributed by atoms with Gasteiger partial charge in [0.25, 0.3) is 5.91 Å². The first kappa shape index (κ1) is 21.2. The van der Waals surface area contributed by atoms with Crippen LogP contribution in [0.1, 0.15) is 34.3 Å². The average molecular weight is 443 g/mol. The highest BCUT2D eigenvalue weighted by Crippen LogP contribution is 2.35. The van der Waals surface area contributed by atoms with E-state index in [0.29, 0.717) is 11.3 Å². The summed E-state index contributed by atoms with van der Waals surface area (Å²) in [6.07, 6.45) is -0.373. The van der Waals surface area contributed by atoms with Crippen molar-refractivity contribution in [1.29, 1.82) is 0 Å². The summed E-state index contributed by atoms with van der Waals surface area (Å²) in [5.41, 5.74) is -0.164. The second-order valence-electron chi connectivity index (χ2n) is 6.50. The molecule has 3 rings (SSSR count). The Morgan fingerprint density at radius 1 is 1.03 bits per heavy atom. The van der Waals surface area contributed by atoms with Crippen molar-refractivity contribution >= 4 is 46.8 Å². The average Bonchev–Trinajstić information content (AvgIpc) is 3.44. The van der Waals surface area contributed by atoms with E-state index >= 15 is 0 Å². The van der Waals surface area contributed by atoms with Crippen molar-refractivity contribution in [2.45, 2.75) is 25.1 Å². The Morgan fingerprint density at radius 2 is 1.76 bits per heavy atom. The summed E-state index contributed by atoms with van der Waals surface area (Å²) < 4.78 is 38.7. The summed E-state index contributed by atoms with van der Waals surface area (Å²) in [4.78, 5) is 24.1.